The smallest absolute Gasteiger partial charge is 0.478 e. The maximum absolute atomic E-state index is 13.3. The van der Waals surface area contributed by atoms with Gasteiger partial charge in [-0.3, -0.25) is 24.7 Å². The van der Waals surface area contributed by atoms with E-state index in [0.717, 1.165) is 62.7 Å². The number of benzene rings is 2. The van der Waals surface area contributed by atoms with Gasteiger partial charge in [0.25, 0.3) is 5.91 Å². The van der Waals surface area contributed by atoms with Gasteiger partial charge in [0.15, 0.2) is 0 Å². The van der Waals surface area contributed by atoms with Crippen LogP contribution >= 0.6 is 0 Å². The number of halogens is 3. The summed E-state index contributed by atoms with van der Waals surface area (Å²) in [7, 11) is 0. The minimum atomic E-state index is -5.08. The van der Waals surface area contributed by atoms with Crippen molar-refractivity contribution in [2.75, 3.05) is 26.2 Å². The summed E-state index contributed by atoms with van der Waals surface area (Å²) < 4.78 is 31.7. The molecule has 0 saturated carbocycles. The second kappa shape index (κ2) is 29.3. The molecule has 2 saturated heterocycles. The number of aromatic carboxylic acids is 1. The average Bonchev–Trinajstić information content (AvgIpc) is 3.39. The van der Waals surface area contributed by atoms with Gasteiger partial charge in [0.1, 0.15) is 0 Å². The lowest BCUT2D eigenvalue weighted by Crippen LogP contribution is -2.43. The highest BCUT2D eigenvalue weighted by atomic mass is 19.4. The number of aromatic nitrogens is 4. The lowest BCUT2D eigenvalue weighted by atomic mass is 9.75. The zero-order valence-corrected chi connectivity index (χ0v) is 37.2. The first-order valence-corrected chi connectivity index (χ1v) is 21.9. The van der Waals surface area contributed by atoms with E-state index < -0.39 is 18.1 Å². The molecule has 2 aliphatic heterocycles. The zero-order chi connectivity index (χ0) is 48.8. The molecule has 0 bridgehead atoms. The summed E-state index contributed by atoms with van der Waals surface area (Å²) in [6, 6.07) is 39.8. The Morgan fingerprint density at radius 1 is 0.592 bits per heavy atom. The molecule has 3 N–H and O–H groups in total. The van der Waals surface area contributed by atoms with E-state index in [9.17, 15) is 33.3 Å². The number of piperidine rings is 2. The Hall–Kier alpha value is -7.82. The molecule has 2 aliphatic rings. The number of pyridine rings is 4. The van der Waals surface area contributed by atoms with Crippen molar-refractivity contribution in [1.29, 1.82) is 10.5 Å². The molecule has 0 aliphatic carbocycles. The summed E-state index contributed by atoms with van der Waals surface area (Å²) in [6.45, 7) is 3.16. The summed E-state index contributed by atoms with van der Waals surface area (Å²) in [5.74, 6) is -3.76. The highest BCUT2D eigenvalue weighted by molar-refractivity contribution is 6.00. The minimum Gasteiger partial charge on any atom is -0.478 e. The number of nitrogens with one attached hydrogen (secondary N) is 1. The van der Waals surface area contributed by atoms with E-state index >= 15 is 0 Å². The molecule has 4 aromatic heterocycles. The number of rotatable bonds is 10. The van der Waals surface area contributed by atoms with Gasteiger partial charge in [-0.15, -0.1) is 0 Å². The Bertz CT molecular complexity index is 2610. The molecule has 2 aromatic carbocycles. The zero-order valence-electron chi connectivity index (χ0n) is 37.2. The van der Waals surface area contributed by atoms with Crippen LogP contribution in [0.15, 0.2) is 146 Å². The third kappa shape index (κ3) is 17.9. The molecule has 16 heteroatoms. The second-order valence-electron chi connectivity index (χ2n) is 16.2. The Labute approximate surface area is 415 Å². The third-order valence-corrected chi connectivity index (χ3v) is 11.7. The molecule has 2 fully saturated rings. The summed E-state index contributed by atoms with van der Waals surface area (Å²) in [5.41, 5.74) is 5.71. The van der Waals surface area contributed by atoms with Crippen LogP contribution in [0.2, 0.25) is 0 Å². The molecule has 6 aromatic rings. The predicted octanol–water partition coefficient (Wildman–Crippen LogP) is 11.4. The van der Waals surface area contributed by atoms with Gasteiger partial charge in [0.2, 0.25) is 0 Å². The van der Waals surface area contributed by atoms with Crippen molar-refractivity contribution < 1.29 is 37.8 Å². The Kier molecular flexibility index (Phi) is 24.4. The fourth-order valence-corrected chi connectivity index (χ4v) is 7.74. The summed E-state index contributed by atoms with van der Waals surface area (Å²) >= 11 is 0. The lowest BCUT2D eigenvalue weighted by molar-refractivity contribution is -0.192. The van der Waals surface area contributed by atoms with Crippen molar-refractivity contribution in [2.24, 2.45) is 10.8 Å². The van der Waals surface area contributed by atoms with E-state index in [1.54, 1.807) is 61.4 Å². The fraction of sp³-hybridized carbons (Fsp3) is 0.327. The molecule has 0 spiro atoms. The summed E-state index contributed by atoms with van der Waals surface area (Å²) in [4.78, 5) is 51.4. The Morgan fingerprint density at radius 2 is 0.986 bits per heavy atom. The van der Waals surface area contributed by atoms with Gasteiger partial charge in [-0.2, -0.15) is 23.7 Å². The topological polar surface area (TPSA) is 206 Å². The number of carboxylic acids is 2. The Morgan fingerprint density at radius 3 is 1.38 bits per heavy atom. The lowest BCUT2D eigenvalue weighted by Gasteiger charge is -2.37. The SMILES string of the molecule is C.C.C.N#CC1(CCc2ccccc2)CCN(C(=O)c2cccnc2-c2ccncc2)CC1.N#CC1(CCc2ccccc2)CCNCC1.O=C(O)C(F)(F)F.O=C(O)c1cccnc1-c1ccncc1. The van der Waals surface area contributed by atoms with E-state index in [0.29, 0.717) is 42.9 Å². The molecule has 8 rings (SSSR count). The van der Waals surface area contributed by atoms with Crippen molar-refractivity contribution in [2.45, 2.75) is 79.8 Å². The first-order valence-electron chi connectivity index (χ1n) is 21.9. The number of amides is 1. The van der Waals surface area contributed by atoms with Crippen LogP contribution in [0.5, 0.6) is 0 Å². The molecular weight excluding hydrogens is 910 g/mol. The molecule has 6 heterocycles. The molecule has 13 nitrogen and oxygen atoms in total. The number of carboxylic acid groups (broad SMARTS) is 2. The van der Waals surface area contributed by atoms with Crippen LogP contribution in [0, 0.1) is 33.5 Å². The number of carbonyl (C=O) groups excluding carboxylic acids is 1. The first-order chi connectivity index (χ1) is 32.8. The summed E-state index contributed by atoms with van der Waals surface area (Å²) in [6.07, 6.45) is 11.9. The van der Waals surface area contributed by atoms with Crippen molar-refractivity contribution >= 4 is 17.8 Å². The normalized spacial score (nSPS) is 14.0. The summed E-state index contributed by atoms with van der Waals surface area (Å²) in [5, 5.41) is 38.6. The maximum Gasteiger partial charge on any atom is 0.490 e. The number of hydrogen-bond acceptors (Lipinski definition) is 10. The van der Waals surface area contributed by atoms with E-state index in [2.05, 4.69) is 73.8 Å². The van der Waals surface area contributed by atoms with E-state index in [-0.39, 0.29) is 44.6 Å². The van der Waals surface area contributed by atoms with Gasteiger partial charge in [-0.25, -0.2) is 9.59 Å². The van der Waals surface area contributed by atoms with Gasteiger partial charge < -0.3 is 20.4 Å². The van der Waals surface area contributed by atoms with Gasteiger partial charge >= 0.3 is 18.1 Å². The second-order valence-corrected chi connectivity index (χ2v) is 16.2. The molecule has 374 valence electrons. The standard InChI is InChI=1S/C25H24N4O.C14H18N2.C11H8N2O2.C2HF3O2.3CH4/c26-19-25(11-8-20-5-2-1-3-6-20)12-17-29(18-13-25)24(30)22-7-4-14-28-23(22)21-9-15-27-16-10-21;15-12-14(8-10-16-11-9-14)7-6-13-4-2-1-3-5-13;14-11(15)9-2-1-5-13-10(9)8-3-6-12-7-4-8;3-2(4,5)1(6)7;;;/h1-7,9-10,14-16H,8,11-13,17-18H2;1-5,16H,6-11H2;1-7H,(H,14,15);(H,6,7);3*1H4. The van der Waals surface area contributed by atoms with Gasteiger partial charge in [-0.1, -0.05) is 82.9 Å². The van der Waals surface area contributed by atoms with E-state index in [1.807, 2.05) is 47.4 Å². The van der Waals surface area contributed by atoms with Crippen molar-refractivity contribution in [3.8, 4) is 34.7 Å². The van der Waals surface area contributed by atoms with E-state index in [1.165, 1.54) is 17.2 Å². The van der Waals surface area contributed by atoms with Crippen LogP contribution in [0.25, 0.3) is 22.5 Å². The average molecular weight is 973 g/mol. The Balaban J connectivity index is 0.000000358. The highest BCUT2D eigenvalue weighted by Gasteiger charge is 2.38. The fourth-order valence-electron chi connectivity index (χ4n) is 7.74. The van der Waals surface area contributed by atoms with Crippen LogP contribution in [0.3, 0.4) is 0 Å². The largest absolute Gasteiger partial charge is 0.490 e. The number of alkyl halides is 3. The number of nitrogens with zero attached hydrogens (tertiary/aromatic N) is 7. The number of nitriles is 2. The minimum absolute atomic E-state index is 0. The van der Waals surface area contributed by atoms with E-state index in [4.69, 9.17) is 15.0 Å². The maximum atomic E-state index is 13.3. The van der Waals surface area contributed by atoms with Crippen LogP contribution in [-0.2, 0) is 17.6 Å². The van der Waals surface area contributed by atoms with Gasteiger partial charge in [0.05, 0.1) is 45.5 Å². The van der Waals surface area contributed by atoms with Crippen LogP contribution in [-0.4, -0.2) is 85.2 Å². The first kappa shape index (κ1) is 59.3. The molecule has 71 heavy (non-hydrogen) atoms. The number of carbonyl (C=O) groups is 3. The monoisotopic (exact) mass is 972 g/mol. The number of aryl methyl sites for hydroxylation is 2. The molecule has 0 unspecified atom stereocenters. The molecular formula is C55H63F3N8O5. The molecule has 1 amide bonds. The number of hydrogen-bond donors (Lipinski definition) is 3. The number of likely N-dealkylation sites (tertiary alicyclic amines) is 1. The van der Waals surface area contributed by atoms with Crippen LogP contribution < -0.4 is 5.32 Å². The van der Waals surface area contributed by atoms with Crippen molar-refractivity contribution in [3.63, 3.8) is 0 Å². The molecule has 0 atom stereocenters. The predicted molar refractivity (Wildman–Crippen MR) is 269 cm³/mol. The highest BCUT2D eigenvalue weighted by Crippen LogP contribution is 2.37. The molecule has 0 radical (unpaired) electrons. The van der Waals surface area contributed by atoms with Gasteiger partial charge in [-0.05, 0) is 124 Å². The van der Waals surface area contributed by atoms with Crippen LogP contribution in [0.1, 0.15) is 92.6 Å². The van der Waals surface area contributed by atoms with Crippen LogP contribution in [0.4, 0.5) is 13.2 Å². The number of aliphatic carboxylic acids is 1. The third-order valence-electron chi connectivity index (χ3n) is 11.7. The van der Waals surface area contributed by atoms with Crippen molar-refractivity contribution in [3.05, 3.63) is 169 Å². The van der Waals surface area contributed by atoms with Crippen molar-refractivity contribution in [1.82, 2.24) is 30.2 Å². The van der Waals surface area contributed by atoms with Gasteiger partial charge in [0, 0.05) is 61.4 Å². The quantitative estimate of drug-likeness (QED) is 0.117.